The van der Waals surface area contributed by atoms with Crippen molar-refractivity contribution < 1.29 is 9.59 Å². The number of hydrogen-bond donors (Lipinski definition) is 2. The summed E-state index contributed by atoms with van der Waals surface area (Å²) in [4.78, 5) is 24.7. The molecule has 2 unspecified atom stereocenters. The fraction of sp³-hybridized carbons (Fsp3) is 0.263. The first-order valence-electron chi connectivity index (χ1n) is 8.00. The summed E-state index contributed by atoms with van der Waals surface area (Å²) in [6.45, 7) is 1.84. The van der Waals surface area contributed by atoms with E-state index in [-0.39, 0.29) is 23.7 Å². The van der Waals surface area contributed by atoms with Crippen LogP contribution < -0.4 is 10.6 Å². The summed E-state index contributed by atoms with van der Waals surface area (Å²) in [5.74, 6) is -0.455. The van der Waals surface area contributed by atoms with Crippen LogP contribution in [-0.2, 0) is 4.79 Å². The summed E-state index contributed by atoms with van der Waals surface area (Å²) < 4.78 is 0. The molecule has 0 spiro atoms. The topological polar surface area (TPSA) is 58.2 Å². The minimum atomic E-state index is -0.223. The highest BCUT2D eigenvalue weighted by Gasteiger charge is 2.45. The monoisotopic (exact) mass is 376 g/mol. The van der Waals surface area contributed by atoms with E-state index in [9.17, 15) is 9.59 Å². The van der Waals surface area contributed by atoms with Crippen LogP contribution in [0.2, 0.25) is 10.0 Å². The SMILES string of the molecule is CNC(=O)c1c(C)cccc1NC(=O)C1CC1c1cccc(Cl)c1Cl. The second-order valence-corrected chi connectivity index (χ2v) is 6.94. The van der Waals surface area contributed by atoms with E-state index in [4.69, 9.17) is 23.2 Å². The zero-order valence-electron chi connectivity index (χ0n) is 13.9. The molecule has 0 aliphatic heterocycles. The molecule has 1 aliphatic carbocycles. The molecule has 0 radical (unpaired) electrons. The summed E-state index contributed by atoms with van der Waals surface area (Å²) in [7, 11) is 1.57. The minimum absolute atomic E-state index is 0.0551. The van der Waals surface area contributed by atoms with Crippen molar-refractivity contribution in [3.05, 3.63) is 63.1 Å². The average Bonchev–Trinajstić information content (AvgIpc) is 3.37. The van der Waals surface area contributed by atoms with Gasteiger partial charge in [-0.2, -0.15) is 0 Å². The van der Waals surface area contributed by atoms with Gasteiger partial charge in [0.2, 0.25) is 5.91 Å². The van der Waals surface area contributed by atoms with Gasteiger partial charge >= 0.3 is 0 Å². The lowest BCUT2D eigenvalue weighted by atomic mass is 10.1. The first-order chi connectivity index (χ1) is 11.9. The summed E-state index contributed by atoms with van der Waals surface area (Å²) >= 11 is 12.3. The Morgan fingerprint density at radius 3 is 2.56 bits per heavy atom. The largest absolute Gasteiger partial charge is 0.355 e. The number of amides is 2. The predicted molar refractivity (Wildman–Crippen MR) is 101 cm³/mol. The van der Waals surface area contributed by atoms with Crippen LogP contribution in [-0.4, -0.2) is 18.9 Å². The molecule has 4 nitrogen and oxygen atoms in total. The second kappa shape index (κ2) is 7.06. The normalized spacial score (nSPS) is 18.6. The third kappa shape index (κ3) is 3.51. The fourth-order valence-electron chi connectivity index (χ4n) is 3.06. The first kappa shape index (κ1) is 17.8. The van der Waals surface area contributed by atoms with Crippen molar-refractivity contribution in [1.82, 2.24) is 5.32 Å². The number of anilines is 1. The highest BCUT2D eigenvalue weighted by molar-refractivity contribution is 6.42. The summed E-state index contributed by atoms with van der Waals surface area (Å²) in [6.07, 6.45) is 0.715. The molecule has 2 amide bonds. The third-order valence-electron chi connectivity index (χ3n) is 4.49. The number of rotatable bonds is 4. The quantitative estimate of drug-likeness (QED) is 0.830. The second-order valence-electron chi connectivity index (χ2n) is 6.16. The van der Waals surface area contributed by atoms with Crippen molar-refractivity contribution in [2.24, 2.45) is 5.92 Å². The molecular weight excluding hydrogens is 359 g/mol. The number of carbonyl (C=O) groups is 2. The maximum absolute atomic E-state index is 12.6. The van der Waals surface area contributed by atoms with Crippen LogP contribution >= 0.6 is 23.2 Å². The molecule has 2 atom stereocenters. The molecule has 25 heavy (non-hydrogen) atoms. The van der Waals surface area contributed by atoms with E-state index < -0.39 is 0 Å². The van der Waals surface area contributed by atoms with Crippen LogP contribution in [0.1, 0.15) is 33.8 Å². The van der Waals surface area contributed by atoms with Crippen LogP contribution in [0.3, 0.4) is 0 Å². The van der Waals surface area contributed by atoms with E-state index in [0.29, 0.717) is 27.7 Å². The Labute approximate surface area is 156 Å². The summed E-state index contributed by atoms with van der Waals surface area (Å²) in [5.41, 5.74) is 2.70. The van der Waals surface area contributed by atoms with Crippen molar-refractivity contribution in [2.75, 3.05) is 12.4 Å². The smallest absolute Gasteiger partial charge is 0.253 e. The number of halogens is 2. The molecular formula is C19H18Cl2N2O2. The van der Waals surface area contributed by atoms with E-state index in [1.807, 2.05) is 31.2 Å². The molecule has 6 heteroatoms. The summed E-state index contributed by atoms with van der Waals surface area (Å²) in [6, 6.07) is 10.9. The van der Waals surface area contributed by atoms with Gasteiger partial charge < -0.3 is 10.6 Å². The lowest BCUT2D eigenvalue weighted by Gasteiger charge is -2.13. The van der Waals surface area contributed by atoms with Crippen LogP contribution in [0.25, 0.3) is 0 Å². The van der Waals surface area contributed by atoms with Crippen LogP contribution in [0.15, 0.2) is 36.4 Å². The van der Waals surface area contributed by atoms with Crippen molar-refractivity contribution in [3.8, 4) is 0 Å². The van der Waals surface area contributed by atoms with Crippen LogP contribution in [0.4, 0.5) is 5.69 Å². The first-order valence-corrected chi connectivity index (χ1v) is 8.76. The number of benzene rings is 2. The Morgan fingerprint density at radius 2 is 1.84 bits per heavy atom. The lowest BCUT2D eigenvalue weighted by molar-refractivity contribution is -0.117. The fourth-order valence-corrected chi connectivity index (χ4v) is 3.51. The predicted octanol–water partition coefficient (Wildman–Crippen LogP) is 4.40. The van der Waals surface area contributed by atoms with Gasteiger partial charge in [0.25, 0.3) is 5.91 Å². The molecule has 2 N–H and O–H groups in total. The van der Waals surface area contributed by atoms with E-state index in [1.54, 1.807) is 19.2 Å². The molecule has 0 aromatic heterocycles. The zero-order valence-corrected chi connectivity index (χ0v) is 15.4. The maximum atomic E-state index is 12.6. The summed E-state index contributed by atoms with van der Waals surface area (Å²) in [5, 5.41) is 6.49. The molecule has 0 heterocycles. The van der Waals surface area contributed by atoms with Gasteiger partial charge in [-0.15, -0.1) is 0 Å². The zero-order chi connectivity index (χ0) is 18.1. The van der Waals surface area contributed by atoms with Crippen molar-refractivity contribution >= 4 is 40.7 Å². The standard InChI is InChI=1S/C19H18Cl2N2O2/c1-10-5-3-8-15(16(10)19(25)22-2)23-18(24)13-9-12(13)11-6-4-7-14(20)17(11)21/h3-8,12-13H,9H2,1-2H3,(H,22,25)(H,23,24). The third-order valence-corrected chi connectivity index (χ3v) is 5.33. The number of carbonyl (C=O) groups excluding carboxylic acids is 2. The van der Waals surface area contributed by atoms with E-state index in [1.165, 1.54) is 0 Å². The molecule has 130 valence electrons. The lowest BCUT2D eigenvalue weighted by Crippen LogP contribution is -2.23. The van der Waals surface area contributed by atoms with Crippen molar-refractivity contribution in [1.29, 1.82) is 0 Å². The van der Waals surface area contributed by atoms with Gasteiger partial charge in [-0.05, 0) is 42.5 Å². The number of nitrogens with one attached hydrogen (secondary N) is 2. The number of hydrogen-bond acceptors (Lipinski definition) is 2. The van der Waals surface area contributed by atoms with Gasteiger partial charge in [-0.1, -0.05) is 47.5 Å². The molecule has 2 aromatic rings. The van der Waals surface area contributed by atoms with Gasteiger partial charge in [0.1, 0.15) is 0 Å². The number of aryl methyl sites for hydroxylation is 1. The Kier molecular flexibility index (Phi) is 5.02. The molecule has 1 saturated carbocycles. The average molecular weight is 377 g/mol. The Morgan fingerprint density at radius 1 is 1.12 bits per heavy atom. The van der Waals surface area contributed by atoms with Gasteiger partial charge in [-0.3, -0.25) is 9.59 Å². The minimum Gasteiger partial charge on any atom is -0.355 e. The molecule has 3 rings (SSSR count). The van der Waals surface area contributed by atoms with E-state index in [2.05, 4.69) is 10.6 Å². The molecule has 0 bridgehead atoms. The molecule has 1 fully saturated rings. The highest BCUT2D eigenvalue weighted by Crippen LogP contribution is 2.51. The van der Waals surface area contributed by atoms with E-state index >= 15 is 0 Å². The Balaban J connectivity index is 1.78. The van der Waals surface area contributed by atoms with E-state index in [0.717, 1.165) is 11.1 Å². The Hall–Kier alpha value is -2.04. The maximum Gasteiger partial charge on any atom is 0.253 e. The van der Waals surface area contributed by atoms with Crippen LogP contribution in [0.5, 0.6) is 0 Å². The van der Waals surface area contributed by atoms with Gasteiger partial charge in [-0.25, -0.2) is 0 Å². The van der Waals surface area contributed by atoms with Gasteiger partial charge in [0.05, 0.1) is 21.3 Å². The molecule has 1 aliphatic rings. The molecule has 0 saturated heterocycles. The van der Waals surface area contributed by atoms with Crippen molar-refractivity contribution in [2.45, 2.75) is 19.3 Å². The Bertz CT molecular complexity index is 851. The molecule has 2 aromatic carbocycles. The van der Waals surface area contributed by atoms with Crippen molar-refractivity contribution in [3.63, 3.8) is 0 Å². The van der Waals surface area contributed by atoms with Gasteiger partial charge in [0.15, 0.2) is 0 Å². The van der Waals surface area contributed by atoms with Crippen LogP contribution in [0, 0.1) is 12.8 Å². The van der Waals surface area contributed by atoms with Gasteiger partial charge in [0, 0.05) is 13.0 Å². The highest BCUT2D eigenvalue weighted by atomic mass is 35.5.